The summed E-state index contributed by atoms with van der Waals surface area (Å²) in [7, 11) is 0. The number of fused-ring (bicyclic) bond motifs is 3. The van der Waals surface area contributed by atoms with Gasteiger partial charge in [-0.05, 0) is 35.1 Å². The second-order valence-electron chi connectivity index (χ2n) is 7.86. The largest absolute Gasteiger partial charge is 0.373 e. The first-order valence-electron chi connectivity index (χ1n) is 10.2. The molecule has 2 aliphatic rings. The van der Waals surface area contributed by atoms with Gasteiger partial charge in [-0.25, -0.2) is 0 Å². The smallest absolute Gasteiger partial charge is 0.228 e. The standard InChI is InChI=1S/C24H24N2O2S/c1-16-12-19-21(15-28-16)20-14-26(23(27)13-18-8-5-11-29-18)10-9-22(20)25-24(19)17-6-3-2-4-7-17/h2-8,11,16H,9-10,12-15H2,1H3/t16-/m0/s1. The lowest BCUT2D eigenvalue weighted by atomic mass is 9.88. The lowest BCUT2D eigenvalue weighted by Gasteiger charge is -2.34. The summed E-state index contributed by atoms with van der Waals surface area (Å²) in [6.45, 7) is 4.10. The molecule has 0 radical (unpaired) electrons. The Bertz CT molecular complexity index is 1030. The molecule has 3 aromatic rings. The molecule has 1 aromatic carbocycles. The molecule has 1 atom stereocenters. The normalized spacial score (nSPS) is 18.2. The van der Waals surface area contributed by atoms with Crippen LogP contribution in [0.3, 0.4) is 0 Å². The molecule has 0 bridgehead atoms. The Labute approximate surface area is 175 Å². The molecule has 0 saturated heterocycles. The molecule has 1 amide bonds. The monoisotopic (exact) mass is 404 g/mol. The zero-order chi connectivity index (χ0) is 19.8. The number of amides is 1. The number of benzene rings is 1. The summed E-state index contributed by atoms with van der Waals surface area (Å²) in [5.74, 6) is 0.198. The summed E-state index contributed by atoms with van der Waals surface area (Å²) in [5.41, 5.74) is 7.13. The van der Waals surface area contributed by atoms with E-state index in [2.05, 4.69) is 31.2 Å². The number of thiophene rings is 1. The zero-order valence-corrected chi connectivity index (χ0v) is 17.4. The van der Waals surface area contributed by atoms with Crippen molar-refractivity contribution in [2.45, 2.75) is 45.4 Å². The third-order valence-electron chi connectivity index (χ3n) is 5.89. The first kappa shape index (κ1) is 18.5. The van der Waals surface area contributed by atoms with Crippen molar-refractivity contribution < 1.29 is 9.53 Å². The summed E-state index contributed by atoms with van der Waals surface area (Å²) >= 11 is 1.64. The van der Waals surface area contributed by atoms with E-state index in [1.165, 1.54) is 16.7 Å². The fourth-order valence-corrected chi connectivity index (χ4v) is 5.06. The van der Waals surface area contributed by atoms with Crippen molar-refractivity contribution >= 4 is 17.2 Å². The predicted molar refractivity (Wildman–Crippen MR) is 115 cm³/mol. The van der Waals surface area contributed by atoms with Crippen LogP contribution in [0.1, 0.15) is 34.2 Å². The molecule has 4 nitrogen and oxygen atoms in total. The molecule has 2 aromatic heterocycles. The SMILES string of the molecule is C[C@H]1Cc2c(-c3ccccc3)nc3c(c2CO1)CN(C(=O)Cc1cccs1)CC3. The molecule has 4 heterocycles. The van der Waals surface area contributed by atoms with Crippen LogP contribution in [-0.4, -0.2) is 28.4 Å². The van der Waals surface area contributed by atoms with Crippen molar-refractivity contribution in [2.75, 3.05) is 6.54 Å². The summed E-state index contributed by atoms with van der Waals surface area (Å²) in [4.78, 5) is 21.1. The highest BCUT2D eigenvalue weighted by atomic mass is 32.1. The van der Waals surface area contributed by atoms with E-state index in [1.54, 1.807) is 11.3 Å². The van der Waals surface area contributed by atoms with Crippen molar-refractivity contribution in [3.8, 4) is 11.3 Å². The van der Waals surface area contributed by atoms with Crippen LogP contribution >= 0.6 is 11.3 Å². The van der Waals surface area contributed by atoms with Gasteiger partial charge in [0.05, 0.1) is 24.8 Å². The number of rotatable bonds is 3. The van der Waals surface area contributed by atoms with E-state index in [-0.39, 0.29) is 12.0 Å². The van der Waals surface area contributed by atoms with Gasteiger partial charge in [0.2, 0.25) is 5.91 Å². The molecule has 5 heteroatoms. The van der Waals surface area contributed by atoms with Gasteiger partial charge in [0, 0.05) is 42.1 Å². The van der Waals surface area contributed by atoms with E-state index in [0.29, 0.717) is 19.6 Å². The van der Waals surface area contributed by atoms with Gasteiger partial charge in [0.1, 0.15) is 0 Å². The van der Waals surface area contributed by atoms with E-state index in [1.807, 2.05) is 28.5 Å². The van der Waals surface area contributed by atoms with E-state index in [0.717, 1.165) is 41.2 Å². The minimum absolute atomic E-state index is 0.185. The molecule has 0 N–H and O–H groups in total. The molecule has 0 fully saturated rings. The van der Waals surface area contributed by atoms with Gasteiger partial charge in [0.25, 0.3) is 0 Å². The maximum absolute atomic E-state index is 12.9. The molecule has 0 unspecified atom stereocenters. The fourth-order valence-electron chi connectivity index (χ4n) is 4.36. The van der Waals surface area contributed by atoms with Gasteiger partial charge in [-0.15, -0.1) is 11.3 Å². The van der Waals surface area contributed by atoms with E-state index in [9.17, 15) is 4.79 Å². The van der Waals surface area contributed by atoms with Crippen LogP contribution in [-0.2, 0) is 41.9 Å². The molecule has 0 spiro atoms. The molecule has 0 aliphatic carbocycles. The van der Waals surface area contributed by atoms with Crippen molar-refractivity contribution in [3.63, 3.8) is 0 Å². The van der Waals surface area contributed by atoms with E-state index in [4.69, 9.17) is 9.72 Å². The number of ether oxygens (including phenoxy) is 1. The fraction of sp³-hybridized carbons (Fsp3) is 0.333. The summed E-state index contributed by atoms with van der Waals surface area (Å²) in [6.07, 6.45) is 2.33. The average molecular weight is 405 g/mol. The highest BCUT2D eigenvalue weighted by Crippen LogP contribution is 2.35. The average Bonchev–Trinajstić information content (AvgIpc) is 3.26. The Morgan fingerprint density at radius 2 is 2.03 bits per heavy atom. The number of carbonyl (C=O) groups excluding carboxylic acids is 1. The van der Waals surface area contributed by atoms with Gasteiger partial charge in [0.15, 0.2) is 0 Å². The number of nitrogens with zero attached hydrogens (tertiary/aromatic N) is 2. The first-order valence-corrected chi connectivity index (χ1v) is 11.1. The van der Waals surface area contributed by atoms with Crippen molar-refractivity contribution in [3.05, 3.63) is 75.1 Å². The molecular formula is C24H24N2O2S. The second-order valence-corrected chi connectivity index (χ2v) is 8.89. The number of carbonyl (C=O) groups is 1. The zero-order valence-electron chi connectivity index (χ0n) is 16.6. The Morgan fingerprint density at radius 3 is 2.83 bits per heavy atom. The Morgan fingerprint density at radius 1 is 1.17 bits per heavy atom. The van der Waals surface area contributed by atoms with Crippen LogP contribution < -0.4 is 0 Å². The van der Waals surface area contributed by atoms with Gasteiger partial charge >= 0.3 is 0 Å². The summed E-state index contributed by atoms with van der Waals surface area (Å²) in [5, 5.41) is 2.03. The van der Waals surface area contributed by atoms with Crippen molar-refractivity contribution in [1.29, 1.82) is 0 Å². The van der Waals surface area contributed by atoms with Crippen LogP contribution in [0.25, 0.3) is 11.3 Å². The Balaban J connectivity index is 1.51. The third kappa shape index (κ3) is 3.61. The minimum Gasteiger partial charge on any atom is -0.373 e. The Kier molecular flexibility index (Phi) is 4.94. The quantitative estimate of drug-likeness (QED) is 0.650. The Hall–Kier alpha value is -2.50. The van der Waals surface area contributed by atoms with Gasteiger partial charge in [-0.1, -0.05) is 36.4 Å². The molecule has 2 aliphatic heterocycles. The number of aromatic nitrogens is 1. The predicted octanol–water partition coefficient (Wildman–Crippen LogP) is 4.40. The highest BCUT2D eigenvalue weighted by molar-refractivity contribution is 7.10. The first-order chi connectivity index (χ1) is 14.2. The maximum Gasteiger partial charge on any atom is 0.228 e. The highest BCUT2D eigenvalue weighted by Gasteiger charge is 2.30. The van der Waals surface area contributed by atoms with Crippen LogP contribution in [0.2, 0.25) is 0 Å². The summed E-state index contributed by atoms with van der Waals surface area (Å²) < 4.78 is 6.01. The molecule has 0 saturated carbocycles. The topological polar surface area (TPSA) is 42.4 Å². The number of hydrogen-bond donors (Lipinski definition) is 0. The third-order valence-corrected chi connectivity index (χ3v) is 6.76. The van der Waals surface area contributed by atoms with Gasteiger partial charge < -0.3 is 9.64 Å². The number of hydrogen-bond acceptors (Lipinski definition) is 4. The molecule has 5 rings (SSSR count). The molecule has 29 heavy (non-hydrogen) atoms. The van der Waals surface area contributed by atoms with E-state index >= 15 is 0 Å². The van der Waals surface area contributed by atoms with Crippen LogP contribution in [0, 0.1) is 0 Å². The minimum atomic E-state index is 0.185. The van der Waals surface area contributed by atoms with Gasteiger partial charge in [-0.2, -0.15) is 0 Å². The van der Waals surface area contributed by atoms with Gasteiger partial charge in [-0.3, -0.25) is 9.78 Å². The lowest BCUT2D eigenvalue weighted by molar-refractivity contribution is -0.131. The molecule has 148 valence electrons. The van der Waals surface area contributed by atoms with Crippen LogP contribution in [0.4, 0.5) is 0 Å². The second kappa shape index (κ2) is 7.73. The lowest BCUT2D eigenvalue weighted by Crippen LogP contribution is -2.38. The maximum atomic E-state index is 12.9. The summed E-state index contributed by atoms with van der Waals surface area (Å²) in [6, 6.07) is 14.5. The number of pyridine rings is 1. The van der Waals surface area contributed by atoms with Crippen molar-refractivity contribution in [1.82, 2.24) is 9.88 Å². The van der Waals surface area contributed by atoms with Crippen LogP contribution in [0.15, 0.2) is 47.8 Å². The van der Waals surface area contributed by atoms with E-state index < -0.39 is 0 Å². The van der Waals surface area contributed by atoms with Crippen molar-refractivity contribution in [2.24, 2.45) is 0 Å². The molecular weight excluding hydrogens is 380 g/mol. The van der Waals surface area contributed by atoms with Crippen LogP contribution in [0.5, 0.6) is 0 Å².